The Bertz CT molecular complexity index is 584. The zero-order chi connectivity index (χ0) is 14.7. The van der Waals surface area contributed by atoms with Gasteiger partial charge in [-0.05, 0) is 53.6 Å². The topological polar surface area (TPSA) is 74.2 Å². The van der Waals surface area contributed by atoms with Crippen molar-refractivity contribution >= 4 is 28.3 Å². The third-order valence-corrected chi connectivity index (χ3v) is 3.56. The maximum absolute atomic E-state index is 5.96. The molecule has 0 saturated carbocycles. The average Bonchev–Trinajstić information content (AvgIpc) is 2.87. The molecule has 6 heteroatoms. The van der Waals surface area contributed by atoms with E-state index in [9.17, 15) is 0 Å². The highest BCUT2D eigenvalue weighted by Crippen LogP contribution is 2.29. The van der Waals surface area contributed by atoms with Crippen molar-refractivity contribution in [3.63, 3.8) is 0 Å². The van der Waals surface area contributed by atoms with E-state index < -0.39 is 0 Å². The van der Waals surface area contributed by atoms with Crippen molar-refractivity contribution in [1.29, 1.82) is 0 Å². The second-order valence-electron chi connectivity index (χ2n) is 4.81. The Hall–Kier alpha value is -1.15. The lowest BCUT2D eigenvalue weighted by atomic mass is 10.1. The average molecular weight is 387 g/mol. The first-order valence-electron chi connectivity index (χ1n) is 6.53. The van der Waals surface area contributed by atoms with Crippen LogP contribution in [0.5, 0.6) is 0 Å². The van der Waals surface area contributed by atoms with Gasteiger partial charge in [-0.1, -0.05) is 19.0 Å². The number of benzene rings is 1. The van der Waals surface area contributed by atoms with Crippen molar-refractivity contribution in [2.75, 3.05) is 12.3 Å². The highest BCUT2D eigenvalue weighted by molar-refractivity contribution is 14.1. The van der Waals surface area contributed by atoms with E-state index >= 15 is 0 Å². The van der Waals surface area contributed by atoms with Crippen LogP contribution in [0.2, 0.25) is 0 Å². The van der Waals surface area contributed by atoms with E-state index in [1.807, 2.05) is 25.1 Å². The Morgan fingerprint density at radius 3 is 2.80 bits per heavy atom. The molecule has 2 rings (SSSR count). The third kappa shape index (κ3) is 3.29. The normalized spacial score (nSPS) is 12.8. The zero-order valence-corrected chi connectivity index (χ0v) is 13.9. The van der Waals surface area contributed by atoms with Gasteiger partial charge in [-0.3, -0.25) is 0 Å². The lowest BCUT2D eigenvalue weighted by Gasteiger charge is -2.16. The molecule has 0 radical (unpaired) electrons. The minimum atomic E-state index is -0.165. The lowest BCUT2D eigenvalue weighted by molar-refractivity contribution is 0.0217. The molecular weight excluding hydrogens is 369 g/mol. The Morgan fingerprint density at radius 1 is 1.40 bits per heavy atom. The van der Waals surface area contributed by atoms with E-state index in [1.165, 1.54) is 0 Å². The molecule has 1 unspecified atom stereocenters. The summed E-state index contributed by atoms with van der Waals surface area (Å²) in [7, 11) is 0. The number of hydrogen-bond donors (Lipinski definition) is 1. The van der Waals surface area contributed by atoms with Crippen LogP contribution < -0.4 is 5.73 Å². The van der Waals surface area contributed by atoms with E-state index in [0.29, 0.717) is 24.0 Å². The van der Waals surface area contributed by atoms with Crippen LogP contribution in [0.3, 0.4) is 0 Å². The number of rotatable bonds is 5. The molecule has 1 heterocycles. The van der Waals surface area contributed by atoms with Gasteiger partial charge in [-0.25, -0.2) is 0 Å². The molecule has 1 atom stereocenters. The van der Waals surface area contributed by atoms with Gasteiger partial charge in [0.15, 0.2) is 0 Å². The van der Waals surface area contributed by atoms with Gasteiger partial charge in [0.1, 0.15) is 6.10 Å². The summed E-state index contributed by atoms with van der Waals surface area (Å²) in [5, 5.41) is 4.03. The Kier molecular flexibility index (Phi) is 4.98. The van der Waals surface area contributed by atoms with E-state index in [4.69, 9.17) is 15.0 Å². The van der Waals surface area contributed by atoms with E-state index in [0.717, 1.165) is 9.13 Å². The Balaban J connectivity index is 2.34. The maximum Gasteiger partial charge on any atom is 0.260 e. The van der Waals surface area contributed by atoms with Gasteiger partial charge in [0.2, 0.25) is 5.82 Å². The largest absolute Gasteiger partial charge is 0.398 e. The highest BCUT2D eigenvalue weighted by Gasteiger charge is 2.23. The van der Waals surface area contributed by atoms with E-state index in [-0.39, 0.29) is 12.0 Å². The second kappa shape index (κ2) is 6.53. The molecule has 0 spiro atoms. The molecule has 108 valence electrons. The predicted octanol–water partition coefficient (Wildman–Crippen LogP) is 3.66. The number of nitrogens with zero attached hydrogens (tertiary/aromatic N) is 2. The summed E-state index contributed by atoms with van der Waals surface area (Å²) in [5.41, 5.74) is 7.35. The summed E-state index contributed by atoms with van der Waals surface area (Å²) in [6.07, 6.45) is -0.165. The van der Waals surface area contributed by atoms with Crippen LogP contribution in [0.15, 0.2) is 22.7 Å². The van der Waals surface area contributed by atoms with Crippen LogP contribution in [0.1, 0.15) is 32.7 Å². The quantitative estimate of drug-likeness (QED) is 0.626. The fraction of sp³-hybridized carbons (Fsp3) is 0.429. The Morgan fingerprint density at radius 2 is 2.15 bits per heavy atom. The molecule has 1 aromatic carbocycles. The van der Waals surface area contributed by atoms with Gasteiger partial charge in [-0.2, -0.15) is 4.98 Å². The van der Waals surface area contributed by atoms with Gasteiger partial charge in [0.05, 0.1) is 5.56 Å². The molecule has 0 aliphatic rings. The molecule has 0 aliphatic carbocycles. The van der Waals surface area contributed by atoms with Gasteiger partial charge >= 0.3 is 0 Å². The molecule has 0 bridgehead atoms. The molecule has 2 N–H and O–H groups in total. The third-order valence-electron chi connectivity index (χ3n) is 2.89. The standard InChI is InChI=1S/C14H18IN3O2/c1-4-19-12(8(2)3)13-17-14(20-18-13)10-7-9(15)5-6-11(10)16/h5-8,12H,4,16H2,1-3H3. The summed E-state index contributed by atoms with van der Waals surface area (Å²) in [6, 6.07) is 5.70. The molecule has 5 nitrogen and oxygen atoms in total. The smallest absolute Gasteiger partial charge is 0.260 e. The number of ether oxygens (including phenoxy) is 1. The molecule has 0 saturated heterocycles. The molecular formula is C14H18IN3O2. The minimum Gasteiger partial charge on any atom is -0.398 e. The second-order valence-corrected chi connectivity index (χ2v) is 6.05. The van der Waals surface area contributed by atoms with Gasteiger partial charge in [0.25, 0.3) is 5.89 Å². The zero-order valence-electron chi connectivity index (χ0n) is 11.8. The first-order valence-corrected chi connectivity index (χ1v) is 7.61. The van der Waals surface area contributed by atoms with Crippen LogP contribution >= 0.6 is 22.6 Å². The van der Waals surface area contributed by atoms with Gasteiger partial charge in [-0.15, -0.1) is 0 Å². The van der Waals surface area contributed by atoms with Crippen LogP contribution in [0.25, 0.3) is 11.5 Å². The summed E-state index contributed by atoms with van der Waals surface area (Å²) in [6.45, 7) is 6.69. The summed E-state index contributed by atoms with van der Waals surface area (Å²) < 4.78 is 12.1. The van der Waals surface area contributed by atoms with E-state index in [1.54, 1.807) is 0 Å². The minimum absolute atomic E-state index is 0.165. The summed E-state index contributed by atoms with van der Waals surface area (Å²) in [4.78, 5) is 4.44. The first-order chi connectivity index (χ1) is 9.52. The molecule has 2 aromatic rings. The van der Waals surface area contributed by atoms with Crippen molar-refractivity contribution in [3.05, 3.63) is 27.6 Å². The predicted molar refractivity (Wildman–Crippen MR) is 86.1 cm³/mol. The van der Waals surface area contributed by atoms with Crippen LogP contribution in [0, 0.1) is 9.49 Å². The van der Waals surface area contributed by atoms with Crippen LogP contribution in [-0.4, -0.2) is 16.7 Å². The molecule has 1 aromatic heterocycles. The van der Waals surface area contributed by atoms with Crippen molar-refractivity contribution in [3.8, 4) is 11.5 Å². The van der Waals surface area contributed by atoms with Crippen molar-refractivity contribution in [1.82, 2.24) is 10.1 Å². The molecule has 0 amide bonds. The van der Waals surface area contributed by atoms with Gasteiger partial charge in [0, 0.05) is 15.9 Å². The first kappa shape index (κ1) is 15.2. The highest BCUT2D eigenvalue weighted by atomic mass is 127. The van der Waals surface area contributed by atoms with E-state index in [2.05, 4.69) is 46.6 Å². The lowest BCUT2D eigenvalue weighted by Crippen LogP contribution is -2.12. The molecule has 20 heavy (non-hydrogen) atoms. The number of anilines is 1. The van der Waals surface area contributed by atoms with Crippen LogP contribution in [-0.2, 0) is 4.74 Å². The van der Waals surface area contributed by atoms with Crippen molar-refractivity contribution < 1.29 is 9.26 Å². The molecule has 0 aliphatic heterocycles. The number of nitrogens with two attached hydrogens (primary N) is 1. The van der Waals surface area contributed by atoms with Gasteiger partial charge < -0.3 is 15.0 Å². The van der Waals surface area contributed by atoms with Crippen LogP contribution in [0.4, 0.5) is 5.69 Å². The summed E-state index contributed by atoms with van der Waals surface area (Å²) in [5.74, 6) is 1.27. The fourth-order valence-corrected chi connectivity index (χ4v) is 2.41. The Labute approximate surface area is 132 Å². The summed E-state index contributed by atoms with van der Waals surface area (Å²) >= 11 is 2.22. The number of nitrogen functional groups attached to an aromatic ring is 1. The number of hydrogen-bond acceptors (Lipinski definition) is 5. The molecule has 0 fully saturated rings. The number of halogens is 1. The van der Waals surface area contributed by atoms with Crippen molar-refractivity contribution in [2.45, 2.75) is 26.9 Å². The monoisotopic (exact) mass is 387 g/mol. The fourth-order valence-electron chi connectivity index (χ4n) is 1.92. The maximum atomic E-state index is 5.96. The number of aromatic nitrogens is 2. The van der Waals surface area contributed by atoms with Crippen molar-refractivity contribution in [2.24, 2.45) is 5.92 Å². The SMILES string of the molecule is CCOC(c1noc(-c2cc(I)ccc2N)n1)C(C)C.